The average molecular weight is 288 g/mol. The lowest BCUT2D eigenvalue weighted by Gasteiger charge is -2.36. The molecule has 110 valence electrons. The lowest BCUT2D eigenvalue weighted by atomic mass is 9.91. The van der Waals surface area contributed by atoms with Crippen molar-refractivity contribution in [1.82, 2.24) is 10.2 Å². The normalized spacial score (nSPS) is 22.6. The molecule has 1 heterocycles. The van der Waals surface area contributed by atoms with Crippen molar-refractivity contribution >= 4 is 22.6 Å². The number of rotatable bonds is 5. The molecule has 0 aromatic carbocycles. The molecule has 2 unspecified atom stereocenters. The Hall–Kier alpha value is -0.910. The standard InChI is InChI=1S/C13H24N2O3S/c1-5-13(6-2)12(17)15(8-7-11(16)14-13)10(3)9-19(4)18/h10H,5-9H2,1-4H3,(H,14,16). The van der Waals surface area contributed by atoms with E-state index < -0.39 is 16.3 Å². The van der Waals surface area contributed by atoms with Crippen molar-refractivity contribution in [3.8, 4) is 0 Å². The summed E-state index contributed by atoms with van der Waals surface area (Å²) in [6.45, 7) is 6.12. The van der Waals surface area contributed by atoms with E-state index in [1.807, 2.05) is 20.8 Å². The van der Waals surface area contributed by atoms with Crippen molar-refractivity contribution < 1.29 is 13.8 Å². The van der Waals surface area contributed by atoms with Crippen LogP contribution in [-0.2, 0) is 20.4 Å². The van der Waals surface area contributed by atoms with Gasteiger partial charge >= 0.3 is 0 Å². The Morgan fingerprint density at radius 1 is 1.37 bits per heavy atom. The molecule has 1 fully saturated rings. The zero-order chi connectivity index (χ0) is 14.6. The van der Waals surface area contributed by atoms with Crippen LogP contribution in [-0.4, -0.2) is 51.1 Å². The number of hydrogen-bond donors (Lipinski definition) is 1. The summed E-state index contributed by atoms with van der Waals surface area (Å²) in [6.07, 6.45) is 3.10. The van der Waals surface area contributed by atoms with E-state index in [4.69, 9.17) is 0 Å². The van der Waals surface area contributed by atoms with Gasteiger partial charge in [0.25, 0.3) is 0 Å². The molecule has 2 atom stereocenters. The van der Waals surface area contributed by atoms with Crippen molar-refractivity contribution in [1.29, 1.82) is 0 Å². The Morgan fingerprint density at radius 3 is 2.42 bits per heavy atom. The first kappa shape index (κ1) is 16.1. The van der Waals surface area contributed by atoms with Crippen molar-refractivity contribution in [2.24, 2.45) is 0 Å². The summed E-state index contributed by atoms with van der Waals surface area (Å²) in [7, 11) is -0.955. The maximum atomic E-state index is 12.7. The molecule has 2 amide bonds. The van der Waals surface area contributed by atoms with Crippen LogP contribution in [0, 0.1) is 0 Å². The molecular weight excluding hydrogens is 264 g/mol. The number of carbonyl (C=O) groups excluding carboxylic acids is 2. The molecule has 0 aromatic heterocycles. The monoisotopic (exact) mass is 288 g/mol. The van der Waals surface area contributed by atoms with Gasteiger partial charge in [-0.1, -0.05) is 13.8 Å². The molecule has 1 aliphatic rings. The molecule has 1 N–H and O–H groups in total. The minimum Gasteiger partial charge on any atom is -0.342 e. The van der Waals surface area contributed by atoms with Crippen molar-refractivity contribution in [2.75, 3.05) is 18.6 Å². The summed E-state index contributed by atoms with van der Waals surface area (Å²) in [4.78, 5) is 26.2. The number of nitrogens with zero attached hydrogens (tertiary/aromatic N) is 1. The summed E-state index contributed by atoms with van der Waals surface area (Å²) in [5.74, 6) is 0.328. The highest BCUT2D eigenvalue weighted by atomic mass is 32.2. The molecular formula is C13H24N2O3S. The summed E-state index contributed by atoms with van der Waals surface area (Å²) in [5.41, 5.74) is -0.795. The summed E-state index contributed by atoms with van der Waals surface area (Å²) in [5, 5.41) is 2.87. The van der Waals surface area contributed by atoms with Gasteiger partial charge < -0.3 is 10.2 Å². The second-order valence-electron chi connectivity index (χ2n) is 5.17. The van der Waals surface area contributed by atoms with E-state index in [2.05, 4.69) is 5.32 Å². The number of hydrogen-bond acceptors (Lipinski definition) is 3. The molecule has 0 bridgehead atoms. The fourth-order valence-electron chi connectivity index (χ4n) is 2.56. The van der Waals surface area contributed by atoms with Gasteiger partial charge in [-0.15, -0.1) is 0 Å². The molecule has 6 heteroatoms. The Kier molecular flexibility index (Phi) is 5.52. The van der Waals surface area contributed by atoms with Crippen molar-refractivity contribution in [3.05, 3.63) is 0 Å². The van der Waals surface area contributed by atoms with Crippen LogP contribution in [0.1, 0.15) is 40.0 Å². The molecule has 0 aliphatic carbocycles. The van der Waals surface area contributed by atoms with Crippen LogP contribution in [0.2, 0.25) is 0 Å². The van der Waals surface area contributed by atoms with Crippen LogP contribution in [0.15, 0.2) is 0 Å². The van der Waals surface area contributed by atoms with Gasteiger partial charge in [0, 0.05) is 41.8 Å². The third kappa shape index (κ3) is 3.55. The van der Waals surface area contributed by atoms with Crippen LogP contribution in [0.4, 0.5) is 0 Å². The van der Waals surface area contributed by atoms with Crippen molar-refractivity contribution in [3.63, 3.8) is 0 Å². The van der Waals surface area contributed by atoms with E-state index in [9.17, 15) is 13.8 Å². The first-order valence-corrected chi connectivity index (χ1v) is 8.51. The Bertz CT molecular complexity index is 380. The largest absolute Gasteiger partial charge is 0.342 e. The lowest BCUT2D eigenvalue weighted by Crippen LogP contribution is -2.58. The second kappa shape index (κ2) is 6.50. The highest BCUT2D eigenvalue weighted by molar-refractivity contribution is 7.84. The minimum atomic E-state index is -0.955. The topological polar surface area (TPSA) is 66.5 Å². The quantitative estimate of drug-likeness (QED) is 0.808. The third-order valence-electron chi connectivity index (χ3n) is 3.84. The first-order valence-electron chi connectivity index (χ1n) is 6.78. The third-order valence-corrected chi connectivity index (χ3v) is 4.80. The van der Waals surface area contributed by atoms with Gasteiger partial charge in [0.15, 0.2) is 0 Å². The molecule has 5 nitrogen and oxygen atoms in total. The smallest absolute Gasteiger partial charge is 0.248 e. The van der Waals surface area contributed by atoms with Gasteiger partial charge in [-0.3, -0.25) is 13.8 Å². The predicted octanol–water partition coefficient (Wildman–Crippen LogP) is 0.661. The molecule has 1 rings (SSSR count). The summed E-state index contributed by atoms with van der Waals surface area (Å²) < 4.78 is 11.3. The lowest BCUT2D eigenvalue weighted by molar-refractivity contribution is -0.140. The van der Waals surface area contributed by atoms with Gasteiger partial charge in [0.05, 0.1) is 0 Å². The zero-order valence-corrected chi connectivity index (χ0v) is 13.0. The zero-order valence-electron chi connectivity index (χ0n) is 12.2. The second-order valence-corrected chi connectivity index (χ2v) is 6.65. The number of nitrogens with one attached hydrogen (secondary N) is 1. The Morgan fingerprint density at radius 2 is 1.95 bits per heavy atom. The van der Waals surface area contributed by atoms with Gasteiger partial charge in [-0.25, -0.2) is 0 Å². The van der Waals surface area contributed by atoms with E-state index >= 15 is 0 Å². The molecule has 1 aliphatic heterocycles. The highest BCUT2D eigenvalue weighted by Crippen LogP contribution is 2.23. The van der Waals surface area contributed by atoms with E-state index in [0.29, 0.717) is 31.6 Å². The molecule has 19 heavy (non-hydrogen) atoms. The SMILES string of the molecule is CCC1(CC)NC(=O)CCN(C(C)CS(C)=O)C1=O. The van der Waals surface area contributed by atoms with E-state index in [1.165, 1.54) is 0 Å². The van der Waals surface area contributed by atoms with Gasteiger partial charge in [-0.2, -0.15) is 0 Å². The van der Waals surface area contributed by atoms with Crippen LogP contribution in [0.5, 0.6) is 0 Å². The van der Waals surface area contributed by atoms with Crippen LogP contribution < -0.4 is 5.32 Å². The fourth-order valence-corrected chi connectivity index (χ4v) is 3.42. The van der Waals surface area contributed by atoms with Crippen LogP contribution in [0.25, 0.3) is 0 Å². The average Bonchev–Trinajstić information content (AvgIpc) is 2.46. The van der Waals surface area contributed by atoms with Crippen molar-refractivity contribution in [2.45, 2.75) is 51.6 Å². The van der Waals surface area contributed by atoms with Crippen LogP contribution in [0.3, 0.4) is 0 Å². The fraction of sp³-hybridized carbons (Fsp3) is 0.846. The number of amides is 2. The maximum Gasteiger partial charge on any atom is 0.248 e. The molecule has 0 aromatic rings. The van der Waals surface area contributed by atoms with Gasteiger partial charge in [0.2, 0.25) is 11.8 Å². The molecule has 0 spiro atoms. The predicted molar refractivity (Wildman–Crippen MR) is 76.2 cm³/mol. The molecule has 1 saturated heterocycles. The minimum absolute atomic E-state index is 0.0405. The summed E-state index contributed by atoms with van der Waals surface area (Å²) >= 11 is 0. The Labute approximate surface area is 117 Å². The number of carbonyl (C=O) groups is 2. The first-order chi connectivity index (χ1) is 8.86. The molecule has 0 radical (unpaired) electrons. The van der Waals surface area contributed by atoms with E-state index in [1.54, 1.807) is 11.2 Å². The molecule has 0 saturated carbocycles. The maximum absolute atomic E-state index is 12.7. The Balaban J connectivity index is 3.02. The van der Waals surface area contributed by atoms with Crippen LogP contribution >= 0.6 is 0 Å². The van der Waals surface area contributed by atoms with Gasteiger partial charge in [0.1, 0.15) is 5.54 Å². The van der Waals surface area contributed by atoms with Gasteiger partial charge in [-0.05, 0) is 19.8 Å². The van der Waals surface area contributed by atoms with E-state index in [-0.39, 0.29) is 17.9 Å². The summed E-state index contributed by atoms with van der Waals surface area (Å²) in [6, 6.07) is -0.108. The highest BCUT2D eigenvalue weighted by Gasteiger charge is 2.43. The van der Waals surface area contributed by atoms with E-state index in [0.717, 1.165) is 0 Å².